The van der Waals surface area contributed by atoms with Crippen LogP contribution in [0.15, 0.2) is 0 Å². The zero-order valence-corrected chi connectivity index (χ0v) is 13.0. The molecule has 1 aliphatic heterocycles. The van der Waals surface area contributed by atoms with Crippen LogP contribution in [0.2, 0.25) is 0 Å². The van der Waals surface area contributed by atoms with Gasteiger partial charge in [0, 0.05) is 13.2 Å². The van der Waals surface area contributed by atoms with E-state index in [1.165, 1.54) is 58.0 Å². The van der Waals surface area contributed by atoms with Gasteiger partial charge in [0.15, 0.2) is 0 Å². The lowest BCUT2D eigenvalue weighted by molar-refractivity contribution is 0.0317. The maximum absolute atomic E-state index is 5.55. The molecule has 0 bridgehead atoms. The zero-order valence-electron chi connectivity index (χ0n) is 13.0. The van der Waals surface area contributed by atoms with E-state index in [2.05, 4.69) is 19.2 Å². The molecule has 2 unspecified atom stereocenters. The Morgan fingerprint density at radius 1 is 1.00 bits per heavy atom. The second-order valence-corrected chi connectivity index (χ2v) is 7.06. The van der Waals surface area contributed by atoms with Crippen molar-refractivity contribution in [3.05, 3.63) is 0 Å². The van der Waals surface area contributed by atoms with Crippen LogP contribution < -0.4 is 5.32 Å². The minimum Gasteiger partial charge on any atom is -0.381 e. The van der Waals surface area contributed by atoms with E-state index in [4.69, 9.17) is 4.74 Å². The zero-order chi connectivity index (χ0) is 13.5. The molecule has 19 heavy (non-hydrogen) atoms. The quantitative estimate of drug-likeness (QED) is 0.764. The van der Waals surface area contributed by atoms with Crippen LogP contribution in [0.3, 0.4) is 0 Å². The maximum Gasteiger partial charge on any atom is 0.0468 e. The molecule has 1 N–H and O–H groups in total. The highest BCUT2D eigenvalue weighted by Gasteiger charge is 2.31. The minimum atomic E-state index is 0.771. The summed E-state index contributed by atoms with van der Waals surface area (Å²) in [6.45, 7) is 9.05. The summed E-state index contributed by atoms with van der Waals surface area (Å²) in [7, 11) is 0. The second-order valence-electron chi connectivity index (χ2n) is 7.06. The molecule has 0 aromatic rings. The van der Waals surface area contributed by atoms with Crippen LogP contribution in [-0.4, -0.2) is 26.3 Å². The first kappa shape index (κ1) is 15.3. The summed E-state index contributed by atoms with van der Waals surface area (Å²) in [4.78, 5) is 0. The van der Waals surface area contributed by atoms with Gasteiger partial charge in [-0.15, -0.1) is 0 Å². The Hall–Kier alpha value is -0.0800. The molecule has 1 aliphatic carbocycles. The molecule has 1 heterocycles. The van der Waals surface area contributed by atoms with Crippen molar-refractivity contribution in [2.75, 3.05) is 26.3 Å². The van der Waals surface area contributed by atoms with Gasteiger partial charge in [-0.1, -0.05) is 33.1 Å². The van der Waals surface area contributed by atoms with E-state index >= 15 is 0 Å². The predicted octanol–water partition coefficient (Wildman–Crippen LogP) is 3.86. The van der Waals surface area contributed by atoms with E-state index in [-0.39, 0.29) is 0 Å². The van der Waals surface area contributed by atoms with E-state index in [1.807, 2.05) is 0 Å². The van der Waals surface area contributed by atoms with Crippen molar-refractivity contribution in [3.63, 3.8) is 0 Å². The molecular formula is C17H33NO. The van der Waals surface area contributed by atoms with Crippen LogP contribution in [0.1, 0.15) is 58.8 Å². The summed E-state index contributed by atoms with van der Waals surface area (Å²) < 4.78 is 5.55. The molecule has 0 radical (unpaired) electrons. The first-order valence-corrected chi connectivity index (χ1v) is 8.56. The Kier molecular flexibility index (Phi) is 6.66. The number of hydrogen-bond donors (Lipinski definition) is 1. The lowest BCUT2D eigenvalue weighted by Gasteiger charge is -2.35. The summed E-state index contributed by atoms with van der Waals surface area (Å²) in [6.07, 6.45) is 9.92. The molecule has 0 amide bonds. The van der Waals surface area contributed by atoms with Crippen molar-refractivity contribution in [1.29, 1.82) is 0 Å². The average molecular weight is 267 g/mol. The topological polar surface area (TPSA) is 21.3 Å². The normalized spacial score (nSPS) is 30.5. The Morgan fingerprint density at radius 3 is 2.47 bits per heavy atom. The van der Waals surface area contributed by atoms with E-state index in [9.17, 15) is 0 Å². The van der Waals surface area contributed by atoms with Gasteiger partial charge in [0.05, 0.1) is 0 Å². The Labute approximate surface area is 119 Å². The standard InChI is InChI=1S/C17H33NO/c1-14(2)12-18-13-16-6-4-3-5-7-17(16)15-8-10-19-11-9-15/h14-18H,3-13H2,1-2H3. The average Bonchev–Trinajstić information content (AvgIpc) is 2.65. The largest absolute Gasteiger partial charge is 0.381 e. The summed E-state index contributed by atoms with van der Waals surface area (Å²) in [5.74, 6) is 3.60. The minimum absolute atomic E-state index is 0.771. The van der Waals surface area contributed by atoms with Crippen molar-refractivity contribution < 1.29 is 4.74 Å². The molecule has 2 fully saturated rings. The van der Waals surface area contributed by atoms with Crippen molar-refractivity contribution in [3.8, 4) is 0 Å². The van der Waals surface area contributed by atoms with Gasteiger partial charge < -0.3 is 10.1 Å². The molecule has 1 saturated carbocycles. The third kappa shape index (κ3) is 5.07. The molecule has 2 atom stereocenters. The molecule has 0 aromatic heterocycles. The highest BCUT2D eigenvalue weighted by atomic mass is 16.5. The first-order chi connectivity index (χ1) is 9.27. The summed E-state index contributed by atoms with van der Waals surface area (Å²) in [5, 5.41) is 3.72. The lowest BCUT2D eigenvalue weighted by Crippen LogP contribution is -2.35. The molecule has 0 aromatic carbocycles. The van der Waals surface area contributed by atoms with E-state index in [1.54, 1.807) is 0 Å². The fourth-order valence-corrected chi connectivity index (χ4v) is 3.99. The fraction of sp³-hybridized carbons (Fsp3) is 1.00. The summed E-state index contributed by atoms with van der Waals surface area (Å²) in [5.41, 5.74) is 0. The molecule has 2 heteroatoms. The summed E-state index contributed by atoms with van der Waals surface area (Å²) in [6, 6.07) is 0. The number of hydrogen-bond acceptors (Lipinski definition) is 2. The SMILES string of the molecule is CC(C)CNCC1CCCCCC1C1CCOCC1. The number of nitrogens with one attached hydrogen (secondary N) is 1. The Morgan fingerprint density at radius 2 is 1.74 bits per heavy atom. The highest BCUT2D eigenvalue weighted by molar-refractivity contribution is 4.82. The fourth-order valence-electron chi connectivity index (χ4n) is 3.99. The third-order valence-corrected chi connectivity index (χ3v) is 5.05. The van der Waals surface area contributed by atoms with Crippen molar-refractivity contribution in [2.24, 2.45) is 23.7 Å². The van der Waals surface area contributed by atoms with Gasteiger partial charge in [-0.3, -0.25) is 0 Å². The first-order valence-electron chi connectivity index (χ1n) is 8.56. The van der Waals surface area contributed by atoms with Crippen LogP contribution in [0.4, 0.5) is 0 Å². The molecule has 112 valence electrons. The Bertz CT molecular complexity index is 235. The summed E-state index contributed by atoms with van der Waals surface area (Å²) >= 11 is 0. The molecular weight excluding hydrogens is 234 g/mol. The lowest BCUT2D eigenvalue weighted by atomic mass is 9.75. The predicted molar refractivity (Wildman–Crippen MR) is 81.3 cm³/mol. The number of ether oxygens (including phenoxy) is 1. The Balaban J connectivity index is 1.86. The molecule has 2 aliphatic rings. The van der Waals surface area contributed by atoms with Gasteiger partial charge >= 0.3 is 0 Å². The third-order valence-electron chi connectivity index (χ3n) is 5.05. The van der Waals surface area contributed by atoms with Gasteiger partial charge in [-0.05, 0) is 62.4 Å². The van der Waals surface area contributed by atoms with Crippen molar-refractivity contribution in [2.45, 2.75) is 58.8 Å². The maximum atomic E-state index is 5.55. The van der Waals surface area contributed by atoms with Crippen LogP contribution in [0.5, 0.6) is 0 Å². The van der Waals surface area contributed by atoms with Gasteiger partial charge in [-0.2, -0.15) is 0 Å². The van der Waals surface area contributed by atoms with Gasteiger partial charge in [0.25, 0.3) is 0 Å². The van der Waals surface area contributed by atoms with Crippen molar-refractivity contribution >= 4 is 0 Å². The molecule has 2 rings (SSSR count). The monoisotopic (exact) mass is 267 g/mol. The van der Waals surface area contributed by atoms with Crippen molar-refractivity contribution in [1.82, 2.24) is 5.32 Å². The van der Waals surface area contributed by atoms with Gasteiger partial charge in [-0.25, -0.2) is 0 Å². The van der Waals surface area contributed by atoms with Gasteiger partial charge in [0.2, 0.25) is 0 Å². The highest BCUT2D eigenvalue weighted by Crippen LogP contribution is 2.38. The number of rotatable bonds is 5. The molecule has 2 nitrogen and oxygen atoms in total. The van der Waals surface area contributed by atoms with E-state index in [0.717, 1.165) is 36.9 Å². The van der Waals surface area contributed by atoms with Gasteiger partial charge in [0.1, 0.15) is 0 Å². The van der Waals surface area contributed by atoms with Crippen LogP contribution in [-0.2, 0) is 4.74 Å². The van der Waals surface area contributed by atoms with Crippen LogP contribution in [0.25, 0.3) is 0 Å². The van der Waals surface area contributed by atoms with Crippen LogP contribution in [0, 0.1) is 23.7 Å². The van der Waals surface area contributed by atoms with E-state index < -0.39 is 0 Å². The van der Waals surface area contributed by atoms with E-state index in [0.29, 0.717) is 0 Å². The van der Waals surface area contributed by atoms with Crippen LogP contribution >= 0.6 is 0 Å². The second kappa shape index (κ2) is 8.26. The molecule has 0 spiro atoms. The smallest absolute Gasteiger partial charge is 0.0468 e. The molecule has 1 saturated heterocycles.